The van der Waals surface area contributed by atoms with Crippen molar-refractivity contribution in [1.29, 1.82) is 0 Å². The van der Waals surface area contributed by atoms with E-state index in [9.17, 15) is 4.39 Å². The molecule has 1 aliphatic heterocycles. The van der Waals surface area contributed by atoms with Gasteiger partial charge in [0.1, 0.15) is 18.2 Å². The van der Waals surface area contributed by atoms with Crippen LogP contribution >= 0.6 is 0 Å². The fraction of sp³-hybridized carbons (Fsp3) is 0.360. The van der Waals surface area contributed by atoms with Crippen LogP contribution in [0.2, 0.25) is 0 Å². The highest BCUT2D eigenvalue weighted by Crippen LogP contribution is 2.29. The van der Waals surface area contributed by atoms with Crippen LogP contribution in [0.5, 0.6) is 11.5 Å². The van der Waals surface area contributed by atoms with E-state index in [1.54, 1.807) is 25.5 Å². The lowest BCUT2D eigenvalue weighted by Gasteiger charge is -2.26. The summed E-state index contributed by atoms with van der Waals surface area (Å²) in [4.78, 5) is 2.48. The number of ether oxygens (including phenoxy) is 2. The molecule has 0 spiro atoms. The van der Waals surface area contributed by atoms with Crippen molar-refractivity contribution in [2.45, 2.75) is 32.0 Å². The molecule has 1 N–H and O–H groups in total. The SMILES string of the molecule is COc1cc(CNC[C@H](c2ccco2)N2CCCC2)ccc1OCc1ccc(F)cc1. The number of nitrogens with zero attached hydrogens (tertiary/aromatic N) is 1. The number of benzene rings is 2. The summed E-state index contributed by atoms with van der Waals surface area (Å²) in [5.41, 5.74) is 2.02. The molecular weight excluding hydrogens is 395 g/mol. The van der Waals surface area contributed by atoms with Crippen molar-refractivity contribution in [3.8, 4) is 11.5 Å². The summed E-state index contributed by atoms with van der Waals surface area (Å²) in [6.45, 7) is 4.12. The largest absolute Gasteiger partial charge is 0.493 e. The first-order chi connectivity index (χ1) is 15.2. The lowest BCUT2D eigenvalue weighted by Crippen LogP contribution is -2.33. The minimum atomic E-state index is -0.253. The lowest BCUT2D eigenvalue weighted by molar-refractivity contribution is 0.209. The van der Waals surface area contributed by atoms with Crippen LogP contribution in [0.25, 0.3) is 0 Å². The molecule has 31 heavy (non-hydrogen) atoms. The zero-order valence-corrected chi connectivity index (χ0v) is 17.9. The van der Waals surface area contributed by atoms with Crippen molar-refractivity contribution in [2.24, 2.45) is 0 Å². The normalized spacial score (nSPS) is 15.2. The Bertz CT molecular complexity index is 938. The van der Waals surface area contributed by atoms with Crippen LogP contribution < -0.4 is 14.8 Å². The second kappa shape index (κ2) is 10.5. The number of rotatable bonds is 10. The minimum Gasteiger partial charge on any atom is -0.493 e. The third kappa shape index (κ3) is 5.66. The summed E-state index contributed by atoms with van der Waals surface area (Å²) in [5.74, 6) is 2.11. The van der Waals surface area contributed by atoms with Gasteiger partial charge in [-0.05, 0) is 73.5 Å². The van der Waals surface area contributed by atoms with E-state index in [2.05, 4.69) is 16.3 Å². The Labute approximate surface area is 182 Å². The molecule has 5 nitrogen and oxygen atoms in total. The molecule has 1 aliphatic rings. The summed E-state index contributed by atoms with van der Waals surface area (Å²) < 4.78 is 30.2. The van der Waals surface area contributed by atoms with Gasteiger partial charge in [0.25, 0.3) is 0 Å². The molecule has 0 amide bonds. The Balaban J connectivity index is 1.34. The molecule has 1 atom stereocenters. The van der Waals surface area contributed by atoms with Crippen LogP contribution in [-0.4, -0.2) is 31.6 Å². The average Bonchev–Trinajstić information content (AvgIpc) is 3.51. The molecule has 164 valence electrons. The minimum absolute atomic E-state index is 0.248. The van der Waals surface area contributed by atoms with Crippen LogP contribution in [0.15, 0.2) is 65.3 Å². The fourth-order valence-corrected chi connectivity index (χ4v) is 3.98. The molecular formula is C25H29FN2O3. The molecule has 2 aromatic carbocycles. The van der Waals surface area contributed by atoms with Gasteiger partial charge in [-0.1, -0.05) is 18.2 Å². The summed E-state index contributed by atoms with van der Waals surface area (Å²) in [6.07, 6.45) is 4.23. The third-order valence-corrected chi connectivity index (χ3v) is 5.66. The summed E-state index contributed by atoms with van der Waals surface area (Å²) in [7, 11) is 1.64. The van der Waals surface area contributed by atoms with Gasteiger partial charge >= 0.3 is 0 Å². The molecule has 0 saturated carbocycles. The number of hydrogen-bond acceptors (Lipinski definition) is 5. The van der Waals surface area contributed by atoms with E-state index in [0.29, 0.717) is 18.1 Å². The first-order valence-corrected chi connectivity index (χ1v) is 10.8. The Morgan fingerprint density at radius 3 is 2.52 bits per heavy atom. The van der Waals surface area contributed by atoms with Gasteiger partial charge in [0.05, 0.1) is 19.4 Å². The zero-order valence-electron chi connectivity index (χ0n) is 17.9. The van der Waals surface area contributed by atoms with Crippen molar-refractivity contribution in [3.63, 3.8) is 0 Å². The van der Waals surface area contributed by atoms with E-state index in [-0.39, 0.29) is 11.9 Å². The standard InChI is InChI=1S/C25H29FN2O3/c1-29-25-15-20(8-11-24(25)31-18-19-6-9-21(26)10-7-19)16-27-17-22(23-5-4-14-30-23)28-12-2-3-13-28/h4-11,14-15,22,27H,2-3,12-13,16-18H2,1H3/t22-/m1/s1. The summed E-state index contributed by atoms with van der Waals surface area (Å²) in [6, 6.07) is 16.5. The van der Waals surface area contributed by atoms with Crippen LogP contribution in [0.1, 0.15) is 35.8 Å². The van der Waals surface area contributed by atoms with Crippen molar-refractivity contribution in [3.05, 3.63) is 83.6 Å². The molecule has 4 rings (SSSR count). The number of hydrogen-bond donors (Lipinski definition) is 1. The number of methoxy groups -OCH3 is 1. The van der Waals surface area contributed by atoms with Gasteiger partial charge in [0.15, 0.2) is 11.5 Å². The highest BCUT2D eigenvalue weighted by Gasteiger charge is 2.25. The molecule has 3 aromatic rings. The maximum Gasteiger partial charge on any atom is 0.161 e. The molecule has 1 saturated heterocycles. The molecule has 1 aromatic heterocycles. The first kappa shape index (κ1) is 21.4. The molecule has 1 fully saturated rings. The summed E-state index contributed by atoms with van der Waals surface area (Å²) >= 11 is 0. The quantitative estimate of drug-likeness (QED) is 0.500. The second-order valence-corrected chi connectivity index (χ2v) is 7.81. The molecule has 0 aliphatic carbocycles. The van der Waals surface area contributed by atoms with Crippen LogP contribution in [0.3, 0.4) is 0 Å². The van der Waals surface area contributed by atoms with Crippen molar-refractivity contribution in [2.75, 3.05) is 26.7 Å². The van der Waals surface area contributed by atoms with Gasteiger partial charge in [-0.2, -0.15) is 0 Å². The predicted octanol–water partition coefficient (Wildman–Crippen LogP) is 4.93. The first-order valence-electron chi connectivity index (χ1n) is 10.8. The van der Waals surface area contributed by atoms with E-state index >= 15 is 0 Å². The Morgan fingerprint density at radius 2 is 1.81 bits per heavy atom. The molecule has 6 heteroatoms. The van der Waals surface area contributed by atoms with Crippen LogP contribution in [0, 0.1) is 5.82 Å². The maximum atomic E-state index is 13.1. The average molecular weight is 425 g/mol. The van der Waals surface area contributed by atoms with E-state index < -0.39 is 0 Å². The number of nitrogens with one attached hydrogen (secondary N) is 1. The fourth-order valence-electron chi connectivity index (χ4n) is 3.98. The smallest absolute Gasteiger partial charge is 0.161 e. The van der Waals surface area contributed by atoms with Gasteiger partial charge < -0.3 is 19.2 Å². The Morgan fingerprint density at radius 1 is 1.03 bits per heavy atom. The molecule has 0 bridgehead atoms. The van der Waals surface area contributed by atoms with Crippen LogP contribution in [-0.2, 0) is 13.2 Å². The number of likely N-dealkylation sites (tertiary alicyclic amines) is 1. The van der Waals surface area contributed by atoms with Gasteiger partial charge in [-0.3, -0.25) is 4.90 Å². The molecule has 0 radical (unpaired) electrons. The van der Waals surface area contributed by atoms with Crippen molar-refractivity contribution in [1.82, 2.24) is 10.2 Å². The Hall–Kier alpha value is -2.83. The van der Waals surface area contributed by atoms with E-state index in [0.717, 1.165) is 43.1 Å². The molecule has 0 unspecified atom stereocenters. The highest BCUT2D eigenvalue weighted by atomic mass is 19.1. The summed E-state index contributed by atoms with van der Waals surface area (Å²) in [5, 5.41) is 3.57. The van der Waals surface area contributed by atoms with E-state index in [1.807, 2.05) is 24.3 Å². The van der Waals surface area contributed by atoms with E-state index in [1.165, 1.54) is 25.0 Å². The third-order valence-electron chi connectivity index (χ3n) is 5.66. The zero-order chi connectivity index (χ0) is 21.5. The maximum absolute atomic E-state index is 13.1. The van der Waals surface area contributed by atoms with E-state index in [4.69, 9.17) is 13.9 Å². The van der Waals surface area contributed by atoms with Gasteiger partial charge in [-0.15, -0.1) is 0 Å². The lowest BCUT2D eigenvalue weighted by atomic mass is 10.1. The van der Waals surface area contributed by atoms with Crippen molar-refractivity contribution < 1.29 is 18.3 Å². The second-order valence-electron chi connectivity index (χ2n) is 7.81. The monoisotopic (exact) mass is 424 g/mol. The Kier molecular flexibility index (Phi) is 7.22. The van der Waals surface area contributed by atoms with Gasteiger partial charge in [-0.25, -0.2) is 4.39 Å². The highest BCUT2D eigenvalue weighted by molar-refractivity contribution is 5.43. The number of furan rings is 1. The topological polar surface area (TPSA) is 46.9 Å². The van der Waals surface area contributed by atoms with Gasteiger partial charge in [0.2, 0.25) is 0 Å². The van der Waals surface area contributed by atoms with Gasteiger partial charge in [0, 0.05) is 13.1 Å². The number of halogens is 1. The predicted molar refractivity (Wildman–Crippen MR) is 118 cm³/mol. The van der Waals surface area contributed by atoms with Crippen LogP contribution in [0.4, 0.5) is 4.39 Å². The molecule has 2 heterocycles. The van der Waals surface area contributed by atoms with Crippen molar-refractivity contribution >= 4 is 0 Å².